The van der Waals surface area contributed by atoms with Crippen molar-refractivity contribution in [3.8, 4) is 0 Å². The fourth-order valence-electron chi connectivity index (χ4n) is 2.59. The number of hydrogen-bond acceptors (Lipinski definition) is 3. The molecule has 1 aromatic rings. The van der Waals surface area contributed by atoms with Crippen molar-refractivity contribution in [1.29, 1.82) is 0 Å². The van der Waals surface area contributed by atoms with Crippen LogP contribution in [0.25, 0.3) is 0 Å². The molecule has 1 aromatic carbocycles. The molecule has 4 nitrogen and oxygen atoms in total. The molecule has 0 saturated carbocycles. The van der Waals surface area contributed by atoms with Gasteiger partial charge in [0.05, 0.1) is 6.61 Å². The van der Waals surface area contributed by atoms with Gasteiger partial charge in [-0.3, -0.25) is 9.59 Å². The van der Waals surface area contributed by atoms with E-state index in [4.69, 9.17) is 4.74 Å². The summed E-state index contributed by atoms with van der Waals surface area (Å²) in [5.74, 6) is -0.0431. The maximum Gasteiger partial charge on any atom is 0.305 e. The topological polar surface area (TPSA) is 46.6 Å². The fourth-order valence-corrected chi connectivity index (χ4v) is 2.59. The molecule has 0 spiro atoms. The number of hydrogen-bond donors (Lipinski definition) is 0. The monoisotopic (exact) mass is 275 g/mol. The summed E-state index contributed by atoms with van der Waals surface area (Å²) < 4.78 is 4.94. The SMILES string of the molecule is CCOC(=O)CCC1CCC(=O)N1c1ccc(C)cc1. The largest absolute Gasteiger partial charge is 0.466 e. The number of benzene rings is 1. The molecule has 0 aliphatic carbocycles. The minimum Gasteiger partial charge on any atom is -0.466 e. The third kappa shape index (κ3) is 3.38. The van der Waals surface area contributed by atoms with E-state index < -0.39 is 0 Å². The fraction of sp³-hybridized carbons (Fsp3) is 0.500. The van der Waals surface area contributed by atoms with Gasteiger partial charge in [-0.15, -0.1) is 0 Å². The molecule has 1 aliphatic rings. The van der Waals surface area contributed by atoms with E-state index in [2.05, 4.69) is 0 Å². The Labute approximate surface area is 119 Å². The van der Waals surface area contributed by atoms with Crippen molar-refractivity contribution in [3.05, 3.63) is 29.8 Å². The second kappa shape index (κ2) is 6.55. The van der Waals surface area contributed by atoms with Crippen molar-refractivity contribution >= 4 is 17.6 Å². The molecular weight excluding hydrogens is 254 g/mol. The second-order valence-electron chi connectivity index (χ2n) is 5.14. The Hall–Kier alpha value is -1.84. The molecule has 1 fully saturated rings. The van der Waals surface area contributed by atoms with Gasteiger partial charge in [0.15, 0.2) is 0 Å². The highest BCUT2D eigenvalue weighted by molar-refractivity contribution is 5.96. The van der Waals surface area contributed by atoms with E-state index in [1.54, 1.807) is 6.92 Å². The number of carbonyl (C=O) groups is 2. The second-order valence-corrected chi connectivity index (χ2v) is 5.14. The van der Waals surface area contributed by atoms with Crippen LogP contribution in [0, 0.1) is 6.92 Å². The third-order valence-electron chi connectivity index (χ3n) is 3.62. The van der Waals surface area contributed by atoms with Gasteiger partial charge in [-0.1, -0.05) is 17.7 Å². The van der Waals surface area contributed by atoms with Crippen LogP contribution in [-0.4, -0.2) is 24.5 Å². The maximum atomic E-state index is 12.1. The Balaban J connectivity index is 2.03. The Morgan fingerprint density at radius 1 is 1.35 bits per heavy atom. The first kappa shape index (κ1) is 14.6. The summed E-state index contributed by atoms with van der Waals surface area (Å²) >= 11 is 0. The highest BCUT2D eigenvalue weighted by atomic mass is 16.5. The number of aryl methyl sites for hydroxylation is 1. The lowest BCUT2D eigenvalue weighted by Gasteiger charge is -2.24. The molecule has 108 valence electrons. The van der Waals surface area contributed by atoms with Crippen molar-refractivity contribution in [3.63, 3.8) is 0 Å². The standard InChI is InChI=1S/C16H21NO3/c1-3-20-16(19)11-9-14-8-10-15(18)17(14)13-6-4-12(2)5-7-13/h4-7,14H,3,8-11H2,1-2H3. The van der Waals surface area contributed by atoms with Gasteiger partial charge >= 0.3 is 5.97 Å². The summed E-state index contributed by atoms with van der Waals surface area (Å²) in [7, 11) is 0. The van der Waals surface area contributed by atoms with Gasteiger partial charge in [0.2, 0.25) is 5.91 Å². The van der Waals surface area contributed by atoms with Gasteiger partial charge in [0, 0.05) is 24.6 Å². The number of nitrogens with zero attached hydrogens (tertiary/aromatic N) is 1. The smallest absolute Gasteiger partial charge is 0.305 e. The van der Waals surface area contributed by atoms with Crippen LogP contribution >= 0.6 is 0 Å². The predicted molar refractivity (Wildman–Crippen MR) is 77.6 cm³/mol. The third-order valence-corrected chi connectivity index (χ3v) is 3.62. The van der Waals surface area contributed by atoms with Crippen molar-refractivity contribution in [2.24, 2.45) is 0 Å². The van der Waals surface area contributed by atoms with Crippen LogP contribution in [-0.2, 0) is 14.3 Å². The zero-order valence-corrected chi connectivity index (χ0v) is 12.1. The summed E-state index contributed by atoms with van der Waals surface area (Å²) in [4.78, 5) is 25.3. The number of carbonyl (C=O) groups excluding carboxylic acids is 2. The van der Waals surface area contributed by atoms with Gasteiger partial charge in [0.1, 0.15) is 0 Å². The van der Waals surface area contributed by atoms with E-state index in [0.717, 1.165) is 12.1 Å². The Kier molecular flexibility index (Phi) is 4.77. The van der Waals surface area contributed by atoms with Crippen molar-refractivity contribution in [2.45, 2.75) is 45.6 Å². The highest BCUT2D eigenvalue weighted by Crippen LogP contribution is 2.29. The Morgan fingerprint density at radius 2 is 2.05 bits per heavy atom. The first-order valence-electron chi connectivity index (χ1n) is 7.16. The van der Waals surface area contributed by atoms with Crippen molar-refractivity contribution in [1.82, 2.24) is 0 Å². The lowest BCUT2D eigenvalue weighted by Crippen LogP contribution is -2.33. The van der Waals surface area contributed by atoms with Gasteiger partial charge in [-0.25, -0.2) is 0 Å². The molecule has 20 heavy (non-hydrogen) atoms. The van der Waals surface area contributed by atoms with Crippen molar-refractivity contribution < 1.29 is 14.3 Å². The summed E-state index contributed by atoms with van der Waals surface area (Å²) in [5.41, 5.74) is 2.09. The van der Waals surface area contributed by atoms with Gasteiger partial charge in [0.25, 0.3) is 0 Å². The molecule has 2 rings (SSSR count). The zero-order chi connectivity index (χ0) is 14.5. The molecule has 1 saturated heterocycles. The minimum absolute atomic E-state index is 0.106. The van der Waals surface area contributed by atoms with Crippen LogP contribution in [0.1, 0.15) is 38.2 Å². The van der Waals surface area contributed by atoms with E-state index >= 15 is 0 Å². The number of rotatable bonds is 5. The molecule has 1 unspecified atom stereocenters. The van der Waals surface area contributed by atoms with E-state index in [-0.39, 0.29) is 17.9 Å². The summed E-state index contributed by atoms with van der Waals surface area (Å²) in [6.45, 7) is 4.23. The average molecular weight is 275 g/mol. The summed E-state index contributed by atoms with van der Waals surface area (Å²) in [6, 6.07) is 8.05. The lowest BCUT2D eigenvalue weighted by atomic mass is 10.1. The van der Waals surface area contributed by atoms with E-state index in [9.17, 15) is 9.59 Å². The molecule has 1 atom stereocenters. The molecule has 0 radical (unpaired) electrons. The first-order chi connectivity index (χ1) is 9.61. The summed E-state index contributed by atoms with van der Waals surface area (Å²) in [6.07, 6.45) is 2.40. The molecule has 1 heterocycles. The average Bonchev–Trinajstić information content (AvgIpc) is 2.79. The molecule has 4 heteroatoms. The quantitative estimate of drug-likeness (QED) is 0.776. The number of amides is 1. The Bertz CT molecular complexity index is 481. The molecule has 1 aliphatic heterocycles. The van der Waals surface area contributed by atoms with Crippen LogP contribution in [0.2, 0.25) is 0 Å². The number of anilines is 1. The van der Waals surface area contributed by atoms with E-state index in [1.807, 2.05) is 36.1 Å². The highest BCUT2D eigenvalue weighted by Gasteiger charge is 2.32. The lowest BCUT2D eigenvalue weighted by molar-refractivity contribution is -0.143. The van der Waals surface area contributed by atoms with Gasteiger partial charge in [-0.05, 0) is 38.8 Å². The van der Waals surface area contributed by atoms with Crippen molar-refractivity contribution in [2.75, 3.05) is 11.5 Å². The van der Waals surface area contributed by atoms with Crippen LogP contribution in [0.15, 0.2) is 24.3 Å². The first-order valence-corrected chi connectivity index (χ1v) is 7.16. The minimum atomic E-state index is -0.185. The molecular formula is C16H21NO3. The van der Waals surface area contributed by atoms with E-state index in [0.29, 0.717) is 25.9 Å². The molecule has 0 bridgehead atoms. The van der Waals surface area contributed by atoms with Crippen LogP contribution < -0.4 is 4.90 Å². The molecule has 0 N–H and O–H groups in total. The molecule has 0 aromatic heterocycles. The zero-order valence-electron chi connectivity index (χ0n) is 12.1. The summed E-state index contributed by atoms with van der Waals surface area (Å²) in [5, 5.41) is 0. The maximum absolute atomic E-state index is 12.1. The van der Waals surface area contributed by atoms with E-state index in [1.165, 1.54) is 5.56 Å². The normalized spacial score (nSPS) is 18.4. The number of ether oxygens (including phenoxy) is 1. The van der Waals surface area contributed by atoms with Gasteiger partial charge in [-0.2, -0.15) is 0 Å². The van der Waals surface area contributed by atoms with Crippen LogP contribution in [0.4, 0.5) is 5.69 Å². The molecule has 1 amide bonds. The van der Waals surface area contributed by atoms with Gasteiger partial charge < -0.3 is 9.64 Å². The predicted octanol–water partition coefficient (Wildman–Crippen LogP) is 2.83. The van der Waals surface area contributed by atoms with Crippen LogP contribution in [0.5, 0.6) is 0 Å². The van der Waals surface area contributed by atoms with Crippen LogP contribution in [0.3, 0.4) is 0 Å². The number of esters is 1. The Morgan fingerprint density at radius 3 is 2.70 bits per heavy atom.